The summed E-state index contributed by atoms with van der Waals surface area (Å²) in [6, 6.07) is 0.284. The Morgan fingerprint density at radius 1 is 1.14 bits per heavy atom. The fraction of sp³-hybridized carbons (Fsp3) is 1.00. The molecule has 0 aromatic carbocycles. The summed E-state index contributed by atoms with van der Waals surface area (Å²) in [4.78, 5) is 0. The molecule has 2 nitrogen and oxygen atoms in total. The van der Waals surface area contributed by atoms with Crippen molar-refractivity contribution in [1.29, 1.82) is 0 Å². The first kappa shape index (κ1) is 12.0. The minimum absolute atomic E-state index is 0.284. The van der Waals surface area contributed by atoms with Crippen LogP contribution in [-0.2, 0) is 4.74 Å². The first-order valence-corrected chi connectivity index (χ1v) is 6.21. The Balaban J connectivity index is 2.22. The first-order valence-electron chi connectivity index (χ1n) is 6.21. The predicted molar refractivity (Wildman–Crippen MR) is 60.3 cm³/mol. The van der Waals surface area contributed by atoms with E-state index >= 15 is 0 Å². The molecule has 0 radical (unpaired) electrons. The second-order valence-corrected chi connectivity index (χ2v) is 4.42. The van der Waals surface area contributed by atoms with Crippen molar-refractivity contribution in [2.24, 2.45) is 5.73 Å². The van der Waals surface area contributed by atoms with Crippen molar-refractivity contribution in [2.45, 2.75) is 70.4 Å². The molecule has 1 aliphatic carbocycles. The Morgan fingerprint density at radius 2 is 1.86 bits per heavy atom. The molecule has 84 valence electrons. The molecule has 0 amide bonds. The Kier molecular flexibility index (Phi) is 6.20. The molecule has 0 aliphatic heterocycles. The van der Waals surface area contributed by atoms with E-state index in [-0.39, 0.29) is 6.04 Å². The van der Waals surface area contributed by atoms with Gasteiger partial charge in [0, 0.05) is 12.6 Å². The standard InChI is InChI=1S/C12H25NO/c1-2-3-10-14-12-9-7-5-4-6-8-11(12)13/h11-12H,2-10,13H2,1H3. The van der Waals surface area contributed by atoms with Crippen molar-refractivity contribution >= 4 is 0 Å². The van der Waals surface area contributed by atoms with E-state index in [1.54, 1.807) is 0 Å². The molecule has 1 saturated carbocycles. The molecule has 0 saturated heterocycles. The van der Waals surface area contributed by atoms with Crippen LogP contribution >= 0.6 is 0 Å². The van der Waals surface area contributed by atoms with Gasteiger partial charge in [-0.15, -0.1) is 0 Å². The Morgan fingerprint density at radius 3 is 2.57 bits per heavy atom. The van der Waals surface area contributed by atoms with Crippen LogP contribution in [0.3, 0.4) is 0 Å². The van der Waals surface area contributed by atoms with Crippen molar-refractivity contribution in [3.63, 3.8) is 0 Å². The smallest absolute Gasteiger partial charge is 0.0725 e. The highest BCUT2D eigenvalue weighted by atomic mass is 16.5. The fourth-order valence-corrected chi connectivity index (χ4v) is 2.07. The lowest BCUT2D eigenvalue weighted by atomic mass is 9.95. The number of hydrogen-bond donors (Lipinski definition) is 1. The molecule has 2 atom stereocenters. The van der Waals surface area contributed by atoms with E-state index in [4.69, 9.17) is 10.5 Å². The fourth-order valence-electron chi connectivity index (χ4n) is 2.07. The number of nitrogens with two attached hydrogens (primary N) is 1. The lowest BCUT2D eigenvalue weighted by Crippen LogP contribution is -2.37. The molecule has 14 heavy (non-hydrogen) atoms. The number of hydrogen-bond acceptors (Lipinski definition) is 2. The molecule has 0 aromatic heterocycles. The molecule has 2 heteroatoms. The minimum Gasteiger partial charge on any atom is -0.377 e. The third kappa shape index (κ3) is 4.43. The van der Waals surface area contributed by atoms with E-state index < -0.39 is 0 Å². The van der Waals surface area contributed by atoms with Gasteiger partial charge in [-0.2, -0.15) is 0 Å². The molecule has 0 bridgehead atoms. The molecule has 1 fully saturated rings. The highest BCUT2D eigenvalue weighted by molar-refractivity contribution is 4.75. The van der Waals surface area contributed by atoms with Crippen molar-refractivity contribution in [3.8, 4) is 0 Å². The number of ether oxygens (including phenoxy) is 1. The second kappa shape index (κ2) is 7.24. The summed E-state index contributed by atoms with van der Waals surface area (Å²) in [5.41, 5.74) is 6.11. The largest absolute Gasteiger partial charge is 0.377 e. The highest BCUT2D eigenvalue weighted by Gasteiger charge is 2.19. The van der Waals surface area contributed by atoms with Crippen LogP contribution in [-0.4, -0.2) is 18.8 Å². The van der Waals surface area contributed by atoms with Crippen molar-refractivity contribution in [3.05, 3.63) is 0 Å². The van der Waals surface area contributed by atoms with E-state index in [0.29, 0.717) is 6.10 Å². The molecular weight excluding hydrogens is 174 g/mol. The van der Waals surface area contributed by atoms with Crippen LogP contribution in [0.2, 0.25) is 0 Å². The normalized spacial score (nSPS) is 29.6. The van der Waals surface area contributed by atoms with Gasteiger partial charge < -0.3 is 10.5 Å². The van der Waals surface area contributed by atoms with Crippen LogP contribution in [0, 0.1) is 0 Å². The zero-order valence-electron chi connectivity index (χ0n) is 9.50. The average molecular weight is 199 g/mol. The summed E-state index contributed by atoms with van der Waals surface area (Å²) >= 11 is 0. The van der Waals surface area contributed by atoms with E-state index in [1.165, 1.54) is 44.9 Å². The van der Waals surface area contributed by atoms with Gasteiger partial charge in [-0.25, -0.2) is 0 Å². The van der Waals surface area contributed by atoms with Crippen molar-refractivity contribution < 1.29 is 4.74 Å². The summed E-state index contributed by atoms with van der Waals surface area (Å²) in [6.07, 6.45) is 10.3. The van der Waals surface area contributed by atoms with Gasteiger partial charge in [0.15, 0.2) is 0 Å². The maximum atomic E-state index is 6.11. The monoisotopic (exact) mass is 199 g/mol. The summed E-state index contributed by atoms with van der Waals surface area (Å²) in [6.45, 7) is 3.09. The molecule has 1 rings (SSSR count). The van der Waals surface area contributed by atoms with Crippen molar-refractivity contribution in [2.75, 3.05) is 6.61 Å². The van der Waals surface area contributed by atoms with Crippen LogP contribution in [0.5, 0.6) is 0 Å². The lowest BCUT2D eigenvalue weighted by molar-refractivity contribution is 0.0214. The highest BCUT2D eigenvalue weighted by Crippen LogP contribution is 2.19. The third-order valence-corrected chi connectivity index (χ3v) is 3.08. The summed E-state index contributed by atoms with van der Waals surface area (Å²) in [5, 5.41) is 0. The third-order valence-electron chi connectivity index (χ3n) is 3.08. The summed E-state index contributed by atoms with van der Waals surface area (Å²) in [7, 11) is 0. The van der Waals surface area contributed by atoms with Gasteiger partial charge in [0.1, 0.15) is 0 Å². The van der Waals surface area contributed by atoms with Gasteiger partial charge in [-0.1, -0.05) is 39.0 Å². The Hall–Kier alpha value is -0.0800. The molecule has 1 aliphatic rings. The summed E-state index contributed by atoms with van der Waals surface area (Å²) < 4.78 is 5.85. The molecule has 0 heterocycles. The summed E-state index contributed by atoms with van der Waals surface area (Å²) in [5.74, 6) is 0. The quantitative estimate of drug-likeness (QED) is 0.707. The first-order chi connectivity index (χ1) is 6.84. The van der Waals surface area contributed by atoms with Crippen LogP contribution in [0.4, 0.5) is 0 Å². The van der Waals surface area contributed by atoms with Crippen molar-refractivity contribution in [1.82, 2.24) is 0 Å². The molecule has 0 spiro atoms. The van der Waals surface area contributed by atoms with Gasteiger partial charge in [-0.3, -0.25) is 0 Å². The zero-order valence-corrected chi connectivity index (χ0v) is 9.50. The second-order valence-electron chi connectivity index (χ2n) is 4.42. The van der Waals surface area contributed by atoms with E-state index in [0.717, 1.165) is 13.0 Å². The maximum absolute atomic E-state index is 6.11. The molecule has 0 aromatic rings. The maximum Gasteiger partial charge on any atom is 0.0725 e. The lowest BCUT2D eigenvalue weighted by Gasteiger charge is -2.26. The molecule has 2 unspecified atom stereocenters. The topological polar surface area (TPSA) is 35.2 Å². The number of unbranched alkanes of at least 4 members (excludes halogenated alkanes) is 1. The van der Waals surface area contributed by atoms with Crippen LogP contribution in [0.1, 0.15) is 58.3 Å². The molecular formula is C12H25NO. The van der Waals surface area contributed by atoms with Gasteiger partial charge in [0.05, 0.1) is 6.10 Å². The Bertz CT molecular complexity index is 138. The van der Waals surface area contributed by atoms with Gasteiger partial charge >= 0.3 is 0 Å². The van der Waals surface area contributed by atoms with Gasteiger partial charge in [-0.05, 0) is 19.3 Å². The van der Waals surface area contributed by atoms with Crippen LogP contribution < -0.4 is 5.73 Å². The number of rotatable bonds is 4. The van der Waals surface area contributed by atoms with Gasteiger partial charge in [0.2, 0.25) is 0 Å². The minimum atomic E-state index is 0.284. The zero-order chi connectivity index (χ0) is 10.2. The van der Waals surface area contributed by atoms with Crippen LogP contribution in [0.15, 0.2) is 0 Å². The predicted octanol–water partition coefficient (Wildman–Crippen LogP) is 2.85. The molecule has 2 N–H and O–H groups in total. The van der Waals surface area contributed by atoms with Gasteiger partial charge in [0.25, 0.3) is 0 Å². The average Bonchev–Trinajstić information content (AvgIpc) is 2.17. The van der Waals surface area contributed by atoms with Crippen LogP contribution in [0.25, 0.3) is 0 Å². The van der Waals surface area contributed by atoms with E-state index in [1.807, 2.05) is 0 Å². The van der Waals surface area contributed by atoms with E-state index in [2.05, 4.69) is 6.92 Å². The SMILES string of the molecule is CCCCOC1CCCCCCC1N. The van der Waals surface area contributed by atoms with E-state index in [9.17, 15) is 0 Å². The Labute approximate surface area is 88.2 Å².